The molecule has 166 valence electrons. The van der Waals surface area contributed by atoms with E-state index in [0.717, 1.165) is 23.3 Å². The van der Waals surface area contributed by atoms with Crippen molar-refractivity contribution in [3.05, 3.63) is 94.9 Å². The Hall–Kier alpha value is -3.55. The molecule has 2 amide bonds. The van der Waals surface area contributed by atoms with Crippen LogP contribution in [0.4, 0.5) is 13.2 Å². The Labute approximate surface area is 182 Å². The van der Waals surface area contributed by atoms with E-state index in [-0.39, 0.29) is 12.3 Å². The number of hydrogen-bond donors (Lipinski definition) is 1. The molecule has 0 radical (unpaired) electrons. The number of nitrogens with one attached hydrogen (secondary N) is 1. The smallest absolute Gasteiger partial charge is 0.416 e. The van der Waals surface area contributed by atoms with Crippen molar-refractivity contribution >= 4 is 11.8 Å². The normalized spacial score (nSPS) is 16.9. The number of carbonyl (C=O) groups excluding carboxylic acids is 2. The number of halogens is 3. The summed E-state index contributed by atoms with van der Waals surface area (Å²) in [4.78, 5) is 27.7. The fourth-order valence-corrected chi connectivity index (χ4v) is 3.89. The second-order valence-corrected chi connectivity index (χ2v) is 7.75. The van der Waals surface area contributed by atoms with Gasteiger partial charge in [0.2, 0.25) is 5.91 Å². The molecule has 5 nitrogen and oxygen atoms in total. The lowest BCUT2D eigenvalue weighted by atomic mass is 9.92. The van der Waals surface area contributed by atoms with Crippen LogP contribution in [0.5, 0.6) is 0 Å². The largest absolute Gasteiger partial charge is 0.459 e. The van der Waals surface area contributed by atoms with Gasteiger partial charge in [-0.3, -0.25) is 9.59 Å². The molecular weight excluding hydrogens is 421 g/mol. The molecule has 0 aliphatic carbocycles. The number of rotatable bonds is 4. The first kappa shape index (κ1) is 21.7. The molecule has 2 atom stereocenters. The van der Waals surface area contributed by atoms with E-state index in [2.05, 4.69) is 5.32 Å². The summed E-state index contributed by atoms with van der Waals surface area (Å²) in [5.74, 6) is -0.742. The quantitative estimate of drug-likeness (QED) is 0.635. The lowest BCUT2D eigenvalue weighted by Gasteiger charge is -2.36. The third-order valence-corrected chi connectivity index (χ3v) is 5.62. The molecule has 8 heteroatoms. The zero-order chi connectivity index (χ0) is 22.9. The highest BCUT2D eigenvalue weighted by Gasteiger charge is 2.36. The molecule has 0 bridgehead atoms. The molecule has 2 unspecified atom stereocenters. The van der Waals surface area contributed by atoms with E-state index in [1.165, 1.54) is 29.4 Å². The van der Waals surface area contributed by atoms with Crippen LogP contribution >= 0.6 is 0 Å². The molecule has 1 aliphatic rings. The van der Waals surface area contributed by atoms with Crippen LogP contribution in [0.15, 0.2) is 71.3 Å². The van der Waals surface area contributed by atoms with Gasteiger partial charge in [-0.15, -0.1) is 0 Å². The first-order valence-corrected chi connectivity index (χ1v) is 10.1. The molecule has 0 spiro atoms. The molecule has 0 saturated heterocycles. The summed E-state index contributed by atoms with van der Waals surface area (Å²) in [6, 6.07) is 14.0. The van der Waals surface area contributed by atoms with E-state index in [9.17, 15) is 22.8 Å². The third kappa shape index (κ3) is 4.39. The van der Waals surface area contributed by atoms with Gasteiger partial charge in [0.25, 0.3) is 5.91 Å². The monoisotopic (exact) mass is 442 g/mol. The summed E-state index contributed by atoms with van der Waals surface area (Å²) in [6.07, 6.45) is -2.79. The first-order valence-electron chi connectivity index (χ1n) is 10.1. The van der Waals surface area contributed by atoms with Crippen molar-refractivity contribution in [3.63, 3.8) is 0 Å². The summed E-state index contributed by atoms with van der Waals surface area (Å²) >= 11 is 0. The van der Waals surface area contributed by atoms with E-state index < -0.39 is 35.6 Å². The van der Waals surface area contributed by atoms with Gasteiger partial charge in [0, 0.05) is 13.0 Å². The number of amides is 2. The number of benzene rings is 2. The van der Waals surface area contributed by atoms with Crippen molar-refractivity contribution in [2.75, 3.05) is 0 Å². The standard InChI is InChI=1S/C24H21F3N2O3/c1-15(16-8-4-9-19(12-16)24(25,26)27)28-22(30)20-13-17-6-2-3-7-18(17)14-29(20)23(31)21-10-5-11-32-21/h2-12,15,20H,13-14H2,1H3,(H,28,30). The third-order valence-electron chi connectivity index (χ3n) is 5.62. The zero-order valence-corrected chi connectivity index (χ0v) is 17.2. The first-order chi connectivity index (χ1) is 15.2. The molecule has 1 N–H and O–H groups in total. The number of nitrogens with zero attached hydrogens (tertiary/aromatic N) is 1. The SMILES string of the molecule is CC(NC(=O)C1Cc2ccccc2CN1C(=O)c1ccco1)c1cccc(C(F)(F)F)c1. The van der Waals surface area contributed by atoms with Gasteiger partial charge in [-0.2, -0.15) is 13.2 Å². The topological polar surface area (TPSA) is 62.6 Å². The highest BCUT2D eigenvalue weighted by molar-refractivity contribution is 5.96. The number of carbonyl (C=O) groups is 2. The highest BCUT2D eigenvalue weighted by atomic mass is 19.4. The minimum Gasteiger partial charge on any atom is -0.459 e. The van der Waals surface area contributed by atoms with Gasteiger partial charge in [0.1, 0.15) is 6.04 Å². The van der Waals surface area contributed by atoms with Crippen LogP contribution in [0, 0.1) is 0 Å². The van der Waals surface area contributed by atoms with Gasteiger partial charge in [0.05, 0.1) is 17.9 Å². The minimum atomic E-state index is -4.47. The van der Waals surface area contributed by atoms with E-state index in [4.69, 9.17) is 4.42 Å². The molecule has 3 aromatic rings. The molecule has 2 aromatic carbocycles. The summed E-state index contributed by atoms with van der Waals surface area (Å²) in [7, 11) is 0. The van der Waals surface area contributed by atoms with Gasteiger partial charge in [-0.1, -0.05) is 36.4 Å². The van der Waals surface area contributed by atoms with Crippen LogP contribution < -0.4 is 5.32 Å². The summed E-state index contributed by atoms with van der Waals surface area (Å²) < 4.78 is 44.4. The number of furan rings is 1. The highest BCUT2D eigenvalue weighted by Crippen LogP contribution is 2.31. The Balaban J connectivity index is 1.58. The maximum atomic E-state index is 13.2. The van der Waals surface area contributed by atoms with E-state index in [1.54, 1.807) is 13.0 Å². The summed E-state index contributed by atoms with van der Waals surface area (Å²) in [6.45, 7) is 1.84. The van der Waals surface area contributed by atoms with Crippen molar-refractivity contribution in [1.82, 2.24) is 10.2 Å². The average Bonchev–Trinajstić information content (AvgIpc) is 3.32. The maximum Gasteiger partial charge on any atom is 0.416 e. The predicted molar refractivity (Wildman–Crippen MR) is 111 cm³/mol. The van der Waals surface area contributed by atoms with Crippen molar-refractivity contribution in [3.8, 4) is 0 Å². The van der Waals surface area contributed by atoms with Gasteiger partial charge < -0.3 is 14.6 Å². The van der Waals surface area contributed by atoms with Crippen LogP contribution in [-0.4, -0.2) is 22.8 Å². The van der Waals surface area contributed by atoms with E-state index >= 15 is 0 Å². The number of fused-ring (bicyclic) bond motifs is 1. The molecule has 0 saturated carbocycles. The van der Waals surface area contributed by atoms with Crippen LogP contribution in [0.3, 0.4) is 0 Å². The Morgan fingerprint density at radius 1 is 1.06 bits per heavy atom. The van der Waals surface area contributed by atoms with Crippen molar-refractivity contribution in [2.45, 2.75) is 38.1 Å². The van der Waals surface area contributed by atoms with Gasteiger partial charge in [-0.25, -0.2) is 0 Å². The molecule has 0 fully saturated rings. The molecule has 2 heterocycles. The molecule has 32 heavy (non-hydrogen) atoms. The second kappa shape index (κ2) is 8.53. The predicted octanol–water partition coefficient (Wildman–Crippen LogP) is 4.74. The fraction of sp³-hybridized carbons (Fsp3) is 0.250. The van der Waals surface area contributed by atoms with Gasteiger partial charge in [-0.05, 0) is 47.9 Å². The summed E-state index contributed by atoms with van der Waals surface area (Å²) in [5, 5.41) is 2.77. The van der Waals surface area contributed by atoms with Crippen LogP contribution in [0.25, 0.3) is 0 Å². The Kier molecular flexibility index (Phi) is 5.78. The molecule has 1 aliphatic heterocycles. The molecular formula is C24H21F3N2O3. The summed E-state index contributed by atoms with van der Waals surface area (Å²) in [5.41, 5.74) is 1.43. The van der Waals surface area contributed by atoms with E-state index in [1.807, 2.05) is 24.3 Å². The van der Waals surface area contributed by atoms with Gasteiger partial charge >= 0.3 is 6.18 Å². The van der Waals surface area contributed by atoms with Gasteiger partial charge in [0.15, 0.2) is 5.76 Å². The number of alkyl halides is 3. The van der Waals surface area contributed by atoms with Crippen molar-refractivity contribution in [2.24, 2.45) is 0 Å². The Morgan fingerprint density at radius 2 is 1.81 bits per heavy atom. The van der Waals surface area contributed by atoms with Crippen LogP contribution in [-0.2, 0) is 23.9 Å². The Bertz CT molecular complexity index is 1130. The lowest BCUT2D eigenvalue weighted by molar-refractivity contribution is -0.137. The van der Waals surface area contributed by atoms with Crippen molar-refractivity contribution in [1.29, 1.82) is 0 Å². The van der Waals surface area contributed by atoms with Crippen LogP contribution in [0.2, 0.25) is 0 Å². The number of hydrogen-bond acceptors (Lipinski definition) is 3. The zero-order valence-electron chi connectivity index (χ0n) is 17.2. The van der Waals surface area contributed by atoms with Crippen molar-refractivity contribution < 1.29 is 27.2 Å². The van der Waals surface area contributed by atoms with Crippen LogP contribution in [0.1, 0.15) is 45.8 Å². The molecule has 1 aromatic heterocycles. The second-order valence-electron chi connectivity index (χ2n) is 7.75. The fourth-order valence-electron chi connectivity index (χ4n) is 3.89. The van der Waals surface area contributed by atoms with E-state index in [0.29, 0.717) is 12.0 Å². The molecule has 4 rings (SSSR count). The average molecular weight is 442 g/mol. The Morgan fingerprint density at radius 3 is 2.50 bits per heavy atom. The minimum absolute atomic E-state index is 0.119. The lowest BCUT2D eigenvalue weighted by Crippen LogP contribution is -2.52. The maximum absolute atomic E-state index is 13.2.